The Bertz CT molecular complexity index is 663. The molecule has 0 heterocycles. The number of anilines is 1. The molecule has 6 heteroatoms. The van der Waals surface area contributed by atoms with Gasteiger partial charge in [-0.3, -0.25) is 4.79 Å². The normalized spacial score (nSPS) is 10.4. The summed E-state index contributed by atoms with van der Waals surface area (Å²) >= 11 is 0. The predicted molar refractivity (Wildman–Crippen MR) is 67.2 cm³/mol. The van der Waals surface area contributed by atoms with Crippen molar-refractivity contribution >= 4 is 11.5 Å². The zero-order chi connectivity index (χ0) is 14.9. The minimum Gasteiger partial charge on any atom is -0.497 e. The molecule has 0 aromatic heterocycles. The van der Waals surface area contributed by atoms with Gasteiger partial charge in [0.05, 0.1) is 12.7 Å². The fraction of sp³-hybridized carbons (Fsp3) is 0.0714. The van der Waals surface area contributed by atoms with Crippen molar-refractivity contribution < 1.29 is 22.7 Å². The molecule has 20 heavy (non-hydrogen) atoms. The Balaban J connectivity index is 2.56. The van der Waals surface area contributed by atoms with E-state index in [1.54, 1.807) is 0 Å². The van der Waals surface area contributed by atoms with E-state index < -0.39 is 28.8 Å². The summed E-state index contributed by atoms with van der Waals surface area (Å²) in [6, 6.07) is 4.77. The zero-order valence-electron chi connectivity index (χ0n) is 10.4. The second-order valence-corrected chi connectivity index (χ2v) is 4.03. The van der Waals surface area contributed by atoms with Crippen LogP contribution in [0.2, 0.25) is 0 Å². The molecule has 0 aliphatic rings. The molecule has 2 aromatic carbocycles. The van der Waals surface area contributed by atoms with E-state index in [0.717, 1.165) is 30.3 Å². The third-order valence-electron chi connectivity index (χ3n) is 2.74. The average molecular weight is 281 g/mol. The van der Waals surface area contributed by atoms with Crippen LogP contribution in [0.15, 0.2) is 30.3 Å². The summed E-state index contributed by atoms with van der Waals surface area (Å²) in [5, 5.41) is 0. The van der Waals surface area contributed by atoms with E-state index >= 15 is 0 Å². The quantitative estimate of drug-likeness (QED) is 0.695. The predicted octanol–water partition coefficient (Wildman–Crippen LogP) is 2.93. The van der Waals surface area contributed by atoms with Gasteiger partial charge in [-0.2, -0.15) is 0 Å². The summed E-state index contributed by atoms with van der Waals surface area (Å²) < 4.78 is 45.4. The lowest BCUT2D eigenvalue weighted by Crippen LogP contribution is -2.10. The lowest BCUT2D eigenvalue weighted by atomic mass is 10.0. The van der Waals surface area contributed by atoms with Crippen LogP contribution in [0.5, 0.6) is 5.75 Å². The van der Waals surface area contributed by atoms with E-state index in [2.05, 4.69) is 4.74 Å². The standard InChI is InChI=1S/C14H10F3NO2/c1-20-8-5-10(16)13(11(17)6-8)14(19)9-4-7(15)2-3-12(9)18/h2-6H,18H2,1H3. The van der Waals surface area contributed by atoms with Crippen molar-refractivity contribution in [3.8, 4) is 5.75 Å². The van der Waals surface area contributed by atoms with Crippen LogP contribution in [-0.4, -0.2) is 12.9 Å². The number of hydrogen-bond acceptors (Lipinski definition) is 3. The smallest absolute Gasteiger partial charge is 0.201 e. The van der Waals surface area contributed by atoms with E-state index in [-0.39, 0.29) is 17.0 Å². The van der Waals surface area contributed by atoms with E-state index in [0.29, 0.717) is 0 Å². The SMILES string of the molecule is COc1cc(F)c(C(=O)c2cc(F)ccc2N)c(F)c1. The minimum absolute atomic E-state index is 0.0639. The highest BCUT2D eigenvalue weighted by molar-refractivity contribution is 6.12. The van der Waals surface area contributed by atoms with E-state index in [1.165, 1.54) is 7.11 Å². The Hall–Kier alpha value is -2.50. The molecule has 2 aromatic rings. The zero-order valence-corrected chi connectivity index (χ0v) is 10.4. The molecule has 0 unspecified atom stereocenters. The Morgan fingerprint density at radius 2 is 1.70 bits per heavy atom. The maximum absolute atomic E-state index is 13.8. The first-order valence-corrected chi connectivity index (χ1v) is 5.56. The largest absolute Gasteiger partial charge is 0.497 e. The van der Waals surface area contributed by atoms with Crippen molar-refractivity contribution in [2.45, 2.75) is 0 Å². The highest BCUT2D eigenvalue weighted by Gasteiger charge is 2.22. The van der Waals surface area contributed by atoms with Gasteiger partial charge in [0.25, 0.3) is 0 Å². The maximum Gasteiger partial charge on any atom is 0.201 e. The molecule has 3 nitrogen and oxygen atoms in total. The van der Waals surface area contributed by atoms with Gasteiger partial charge in [-0.05, 0) is 18.2 Å². The van der Waals surface area contributed by atoms with Crippen molar-refractivity contribution in [2.24, 2.45) is 0 Å². The monoisotopic (exact) mass is 281 g/mol. The number of carbonyl (C=O) groups is 1. The van der Waals surface area contributed by atoms with Crippen LogP contribution >= 0.6 is 0 Å². The van der Waals surface area contributed by atoms with Gasteiger partial charge in [-0.1, -0.05) is 0 Å². The summed E-state index contributed by atoms with van der Waals surface area (Å²) in [5.41, 5.74) is 4.36. The number of benzene rings is 2. The van der Waals surface area contributed by atoms with Gasteiger partial charge in [-0.15, -0.1) is 0 Å². The number of hydrogen-bond donors (Lipinski definition) is 1. The molecule has 104 valence electrons. The fourth-order valence-electron chi connectivity index (χ4n) is 1.74. The van der Waals surface area contributed by atoms with Crippen LogP contribution in [-0.2, 0) is 0 Å². The number of nitrogens with two attached hydrogens (primary N) is 1. The molecule has 0 aliphatic carbocycles. The molecule has 0 bridgehead atoms. The van der Waals surface area contributed by atoms with Gasteiger partial charge < -0.3 is 10.5 Å². The minimum atomic E-state index is -1.10. The summed E-state index contributed by atoms with van der Waals surface area (Å²) in [6.07, 6.45) is 0. The molecule has 0 atom stereocenters. The molecule has 0 aliphatic heterocycles. The molecular weight excluding hydrogens is 271 g/mol. The molecule has 2 N–H and O–H groups in total. The molecule has 0 saturated heterocycles. The first-order chi connectivity index (χ1) is 9.43. The molecule has 0 saturated carbocycles. The van der Waals surface area contributed by atoms with E-state index in [9.17, 15) is 18.0 Å². The van der Waals surface area contributed by atoms with Crippen molar-refractivity contribution in [3.05, 3.63) is 58.9 Å². The number of ketones is 1. The molecular formula is C14H10F3NO2. The summed E-state index contributed by atoms with van der Waals surface area (Å²) in [4.78, 5) is 12.1. The lowest BCUT2D eigenvalue weighted by molar-refractivity contribution is 0.103. The van der Waals surface area contributed by atoms with E-state index in [4.69, 9.17) is 5.73 Å². The van der Waals surface area contributed by atoms with Gasteiger partial charge in [-0.25, -0.2) is 13.2 Å². The topological polar surface area (TPSA) is 52.3 Å². The second-order valence-electron chi connectivity index (χ2n) is 4.03. The van der Waals surface area contributed by atoms with Crippen molar-refractivity contribution in [1.82, 2.24) is 0 Å². The van der Waals surface area contributed by atoms with Crippen molar-refractivity contribution in [2.75, 3.05) is 12.8 Å². The lowest BCUT2D eigenvalue weighted by Gasteiger charge is -2.08. The van der Waals surface area contributed by atoms with Crippen LogP contribution < -0.4 is 10.5 Å². The van der Waals surface area contributed by atoms with Crippen LogP contribution in [0.1, 0.15) is 15.9 Å². The van der Waals surface area contributed by atoms with Gasteiger partial charge in [0.15, 0.2) is 0 Å². The first kappa shape index (κ1) is 13.9. The van der Waals surface area contributed by atoms with Crippen molar-refractivity contribution in [3.63, 3.8) is 0 Å². The highest BCUT2D eigenvalue weighted by atomic mass is 19.1. The molecule has 0 radical (unpaired) electrons. The third-order valence-corrected chi connectivity index (χ3v) is 2.74. The summed E-state index contributed by atoms with van der Waals surface area (Å²) in [6.45, 7) is 0. The number of methoxy groups -OCH3 is 1. The third kappa shape index (κ3) is 2.45. The Morgan fingerprint density at radius 3 is 2.25 bits per heavy atom. The van der Waals surface area contributed by atoms with E-state index in [1.807, 2.05) is 0 Å². The molecule has 0 amide bonds. The number of halogens is 3. The second kappa shape index (κ2) is 5.24. The van der Waals surface area contributed by atoms with Crippen LogP contribution in [0, 0.1) is 17.5 Å². The molecule has 0 fully saturated rings. The fourth-order valence-corrected chi connectivity index (χ4v) is 1.74. The summed E-state index contributed by atoms with van der Waals surface area (Å²) in [5.74, 6) is -4.02. The van der Waals surface area contributed by atoms with Gasteiger partial charge in [0.1, 0.15) is 23.2 Å². The molecule has 0 spiro atoms. The van der Waals surface area contributed by atoms with Gasteiger partial charge in [0, 0.05) is 23.4 Å². The number of nitrogen functional groups attached to an aromatic ring is 1. The Morgan fingerprint density at radius 1 is 1.10 bits per heavy atom. The first-order valence-electron chi connectivity index (χ1n) is 5.56. The maximum atomic E-state index is 13.8. The van der Waals surface area contributed by atoms with Gasteiger partial charge in [0.2, 0.25) is 5.78 Å². The Kier molecular flexibility index (Phi) is 3.65. The Labute approximate surface area is 112 Å². The van der Waals surface area contributed by atoms with Crippen LogP contribution in [0.3, 0.4) is 0 Å². The number of rotatable bonds is 3. The van der Waals surface area contributed by atoms with Crippen LogP contribution in [0.25, 0.3) is 0 Å². The number of carbonyl (C=O) groups excluding carboxylic acids is 1. The highest BCUT2D eigenvalue weighted by Crippen LogP contribution is 2.25. The average Bonchev–Trinajstić information content (AvgIpc) is 2.40. The van der Waals surface area contributed by atoms with Gasteiger partial charge >= 0.3 is 0 Å². The van der Waals surface area contributed by atoms with Crippen LogP contribution in [0.4, 0.5) is 18.9 Å². The number of ether oxygens (including phenoxy) is 1. The molecule has 2 rings (SSSR count). The summed E-state index contributed by atoms with van der Waals surface area (Å²) in [7, 11) is 1.24. The van der Waals surface area contributed by atoms with Crippen molar-refractivity contribution in [1.29, 1.82) is 0 Å².